The molecular weight excluding hydrogens is 226 g/mol. The van der Waals surface area contributed by atoms with Gasteiger partial charge in [0, 0.05) is 12.4 Å². The number of Topliss-reactive ketones (excluding diaryl/α,β-unsaturated/α-hetero) is 1. The Morgan fingerprint density at radius 3 is 3.00 bits per heavy atom. The van der Waals surface area contributed by atoms with Gasteiger partial charge < -0.3 is 5.73 Å². The molecule has 0 aliphatic rings. The number of benzene rings is 1. The second-order valence-corrected chi connectivity index (χ2v) is 4.36. The Kier molecular flexibility index (Phi) is 3.58. The molecule has 0 bridgehead atoms. The monoisotopic (exact) mass is 243 g/mol. The molecular formula is C14H17N3O. The van der Waals surface area contributed by atoms with Crippen molar-refractivity contribution in [3.63, 3.8) is 0 Å². The van der Waals surface area contributed by atoms with E-state index in [-0.39, 0.29) is 12.2 Å². The van der Waals surface area contributed by atoms with Gasteiger partial charge in [0.15, 0.2) is 5.78 Å². The predicted octanol–water partition coefficient (Wildman–Crippen LogP) is 1.59. The number of ketones is 1. The van der Waals surface area contributed by atoms with Crippen molar-refractivity contribution in [1.29, 1.82) is 0 Å². The molecule has 0 aliphatic heterocycles. The summed E-state index contributed by atoms with van der Waals surface area (Å²) >= 11 is 0. The van der Waals surface area contributed by atoms with Crippen LogP contribution >= 0.6 is 0 Å². The lowest BCUT2D eigenvalue weighted by atomic mass is 10.0. The normalized spacial score (nSPS) is 12.6. The molecule has 2 rings (SSSR count). The van der Waals surface area contributed by atoms with Crippen molar-refractivity contribution < 1.29 is 4.79 Å². The van der Waals surface area contributed by atoms with Crippen LogP contribution in [0, 0.1) is 0 Å². The van der Waals surface area contributed by atoms with Gasteiger partial charge in [-0.15, -0.1) is 6.58 Å². The Morgan fingerprint density at radius 1 is 1.56 bits per heavy atom. The highest BCUT2D eigenvalue weighted by Gasteiger charge is 2.16. The summed E-state index contributed by atoms with van der Waals surface area (Å²) in [5.74, 6) is -0.00115. The Hall–Kier alpha value is -1.94. The van der Waals surface area contributed by atoms with Crippen molar-refractivity contribution in [2.45, 2.75) is 18.9 Å². The number of nitrogens with zero attached hydrogens (tertiary/aromatic N) is 2. The van der Waals surface area contributed by atoms with E-state index < -0.39 is 6.04 Å². The van der Waals surface area contributed by atoms with Crippen LogP contribution in [0.3, 0.4) is 0 Å². The molecule has 0 saturated heterocycles. The third-order valence-corrected chi connectivity index (χ3v) is 3.01. The first-order valence-corrected chi connectivity index (χ1v) is 5.93. The summed E-state index contributed by atoms with van der Waals surface area (Å²) in [7, 11) is 1.87. The van der Waals surface area contributed by atoms with Crippen LogP contribution in [0.4, 0.5) is 0 Å². The molecule has 0 radical (unpaired) electrons. The third-order valence-electron chi connectivity index (χ3n) is 3.01. The smallest absolute Gasteiger partial charge is 0.155 e. The summed E-state index contributed by atoms with van der Waals surface area (Å²) in [6, 6.07) is 7.38. The van der Waals surface area contributed by atoms with Gasteiger partial charge >= 0.3 is 0 Å². The number of aryl methyl sites for hydroxylation is 1. The average Bonchev–Trinajstić information content (AvgIpc) is 2.67. The van der Waals surface area contributed by atoms with Crippen LogP contribution in [-0.4, -0.2) is 21.6 Å². The van der Waals surface area contributed by atoms with Crippen LogP contribution in [0.5, 0.6) is 0 Å². The number of para-hydroxylation sites is 1. The van der Waals surface area contributed by atoms with Crippen molar-refractivity contribution in [2.75, 3.05) is 0 Å². The molecule has 0 saturated carbocycles. The number of carbonyl (C=O) groups is 1. The average molecular weight is 243 g/mol. The topological polar surface area (TPSA) is 60.9 Å². The van der Waals surface area contributed by atoms with Gasteiger partial charge in [0.1, 0.15) is 0 Å². The molecule has 4 nitrogen and oxygen atoms in total. The summed E-state index contributed by atoms with van der Waals surface area (Å²) < 4.78 is 1.79. The fraction of sp³-hybridized carbons (Fsp3) is 0.286. The quantitative estimate of drug-likeness (QED) is 0.811. The Labute approximate surface area is 106 Å². The number of nitrogens with two attached hydrogens (primary N) is 1. The zero-order valence-corrected chi connectivity index (χ0v) is 10.5. The van der Waals surface area contributed by atoms with Crippen molar-refractivity contribution in [1.82, 2.24) is 9.78 Å². The van der Waals surface area contributed by atoms with Gasteiger partial charge in [0.05, 0.1) is 23.7 Å². The maximum Gasteiger partial charge on any atom is 0.155 e. The fourth-order valence-corrected chi connectivity index (χ4v) is 2.03. The molecule has 2 N–H and O–H groups in total. The fourth-order valence-electron chi connectivity index (χ4n) is 2.03. The highest BCUT2D eigenvalue weighted by Crippen LogP contribution is 2.18. The first-order valence-electron chi connectivity index (χ1n) is 5.93. The molecule has 1 atom stereocenters. The minimum Gasteiger partial charge on any atom is -0.321 e. The molecule has 1 aromatic carbocycles. The first-order chi connectivity index (χ1) is 8.63. The van der Waals surface area contributed by atoms with Crippen LogP contribution in [0.2, 0.25) is 0 Å². The molecule has 0 fully saturated rings. The number of hydrogen-bond acceptors (Lipinski definition) is 3. The van der Waals surface area contributed by atoms with Gasteiger partial charge in [-0.25, -0.2) is 0 Å². The molecule has 18 heavy (non-hydrogen) atoms. The van der Waals surface area contributed by atoms with Gasteiger partial charge in [-0.1, -0.05) is 24.3 Å². The third kappa shape index (κ3) is 2.33. The van der Waals surface area contributed by atoms with E-state index in [0.29, 0.717) is 6.42 Å². The molecule has 4 heteroatoms. The van der Waals surface area contributed by atoms with Crippen LogP contribution < -0.4 is 5.73 Å². The standard InChI is InChI=1S/C14H17N3O/c1-3-6-11(15)14(18)9-12-10-7-4-5-8-13(10)17(2)16-12/h3-5,7-8,11H,1,6,9,15H2,2H3. The molecule has 0 spiro atoms. The summed E-state index contributed by atoms with van der Waals surface area (Å²) in [6.07, 6.45) is 2.44. The zero-order chi connectivity index (χ0) is 13.1. The summed E-state index contributed by atoms with van der Waals surface area (Å²) in [4.78, 5) is 11.9. The molecule has 1 heterocycles. The SMILES string of the molecule is C=CCC(N)C(=O)Cc1nn(C)c2ccccc12. The van der Waals surface area contributed by atoms with E-state index in [1.165, 1.54) is 0 Å². The highest BCUT2D eigenvalue weighted by atomic mass is 16.1. The van der Waals surface area contributed by atoms with Crippen molar-refractivity contribution >= 4 is 16.7 Å². The van der Waals surface area contributed by atoms with Crippen molar-refractivity contribution in [3.05, 3.63) is 42.6 Å². The van der Waals surface area contributed by atoms with Crippen LogP contribution in [0.1, 0.15) is 12.1 Å². The number of carbonyl (C=O) groups excluding carboxylic acids is 1. The van der Waals surface area contributed by atoms with Crippen LogP contribution in [0.15, 0.2) is 36.9 Å². The zero-order valence-electron chi connectivity index (χ0n) is 10.5. The van der Waals surface area contributed by atoms with Crippen molar-refractivity contribution in [3.8, 4) is 0 Å². The minimum absolute atomic E-state index is 0.00115. The van der Waals surface area contributed by atoms with Gasteiger partial charge in [0.25, 0.3) is 0 Å². The first kappa shape index (κ1) is 12.5. The number of hydrogen-bond donors (Lipinski definition) is 1. The van der Waals surface area contributed by atoms with E-state index in [2.05, 4.69) is 11.7 Å². The number of aromatic nitrogens is 2. The summed E-state index contributed by atoms with van der Waals surface area (Å²) in [5, 5.41) is 5.40. The number of rotatable bonds is 5. The van der Waals surface area contributed by atoms with Gasteiger partial charge in [-0.2, -0.15) is 5.10 Å². The molecule has 94 valence electrons. The lowest BCUT2D eigenvalue weighted by Gasteiger charge is -2.06. The molecule has 0 aliphatic carbocycles. The maximum atomic E-state index is 11.9. The second kappa shape index (κ2) is 5.14. The van der Waals surface area contributed by atoms with E-state index in [1.54, 1.807) is 10.8 Å². The molecule has 0 amide bonds. The summed E-state index contributed by atoms with van der Waals surface area (Å²) in [5.41, 5.74) is 7.59. The van der Waals surface area contributed by atoms with Gasteiger partial charge in [-0.05, 0) is 12.5 Å². The minimum atomic E-state index is -0.483. The maximum absolute atomic E-state index is 11.9. The van der Waals surface area contributed by atoms with E-state index in [0.717, 1.165) is 16.6 Å². The van der Waals surface area contributed by atoms with E-state index in [9.17, 15) is 4.79 Å². The van der Waals surface area contributed by atoms with Gasteiger partial charge in [0.2, 0.25) is 0 Å². The van der Waals surface area contributed by atoms with E-state index in [1.807, 2.05) is 31.3 Å². The predicted molar refractivity (Wildman–Crippen MR) is 72.2 cm³/mol. The van der Waals surface area contributed by atoms with Crippen LogP contribution in [-0.2, 0) is 18.3 Å². The second-order valence-electron chi connectivity index (χ2n) is 4.36. The Balaban J connectivity index is 2.27. The molecule has 1 aromatic heterocycles. The largest absolute Gasteiger partial charge is 0.321 e. The Bertz CT molecular complexity index is 586. The van der Waals surface area contributed by atoms with Gasteiger partial charge in [-0.3, -0.25) is 9.48 Å². The van der Waals surface area contributed by atoms with E-state index in [4.69, 9.17) is 5.73 Å². The summed E-state index contributed by atoms with van der Waals surface area (Å²) in [6.45, 7) is 3.59. The molecule has 2 aromatic rings. The highest BCUT2D eigenvalue weighted by molar-refractivity contribution is 5.91. The molecule has 1 unspecified atom stereocenters. The lowest BCUT2D eigenvalue weighted by molar-refractivity contribution is -0.119. The van der Waals surface area contributed by atoms with Crippen molar-refractivity contribution in [2.24, 2.45) is 12.8 Å². The Morgan fingerprint density at radius 2 is 2.28 bits per heavy atom. The lowest BCUT2D eigenvalue weighted by Crippen LogP contribution is -2.31. The number of fused-ring (bicyclic) bond motifs is 1. The van der Waals surface area contributed by atoms with Crippen LogP contribution in [0.25, 0.3) is 10.9 Å². The van der Waals surface area contributed by atoms with E-state index >= 15 is 0 Å².